The van der Waals surface area contributed by atoms with E-state index in [1.807, 2.05) is 66.7 Å². The van der Waals surface area contributed by atoms with E-state index in [0.29, 0.717) is 17.5 Å². The first kappa shape index (κ1) is 31.9. The minimum absolute atomic E-state index is 0.652. The largest absolute Gasteiger partial charge is 0.454 e. The van der Waals surface area contributed by atoms with Gasteiger partial charge in [0.1, 0.15) is 5.58 Å². The number of nitrogens with zero attached hydrogens (tertiary/aromatic N) is 4. The Morgan fingerprint density at radius 1 is 0.421 bits per heavy atom. The van der Waals surface area contributed by atoms with Crippen LogP contribution in [-0.2, 0) is 0 Å². The lowest BCUT2D eigenvalue weighted by Gasteiger charge is -2.10. The molecule has 0 spiro atoms. The molecule has 266 valence electrons. The molecule has 4 aromatic heterocycles. The number of benzene rings is 8. The zero-order valence-electron chi connectivity index (χ0n) is 30.4. The van der Waals surface area contributed by atoms with E-state index >= 15 is 0 Å². The van der Waals surface area contributed by atoms with Crippen LogP contribution in [0.3, 0.4) is 0 Å². The molecule has 0 radical (unpaired) electrons. The van der Waals surface area contributed by atoms with E-state index in [9.17, 15) is 0 Å². The van der Waals surface area contributed by atoms with Crippen LogP contribution in [0.2, 0.25) is 0 Å². The highest BCUT2D eigenvalue weighted by molar-refractivity contribution is 7.26. The van der Waals surface area contributed by atoms with Crippen LogP contribution in [-0.4, -0.2) is 19.5 Å². The summed E-state index contributed by atoms with van der Waals surface area (Å²) in [7, 11) is 0. The fraction of sp³-hybridized carbons (Fsp3) is 0. The summed E-state index contributed by atoms with van der Waals surface area (Å²) >= 11 is 1.80. The number of para-hydroxylation sites is 2. The van der Waals surface area contributed by atoms with Crippen molar-refractivity contribution >= 4 is 75.3 Å². The van der Waals surface area contributed by atoms with Gasteiger partial charge in [-0.1, -0.05) is 127 Å². The summed E-state index contributed by atoms with van der Waals surface area (Å²) in [5.41, 5.74) is 10.3. The average Bonchev–Trinajstić information content (AvgIpc) is 3.96. The molecule has 0 aliphatic carbocycles. The van der Waals surface area contributed by atoms with Crippen molar-refractivity contribution in [3.8, 4) is 51.0 Å². The monoisotopic (exact) mass is 746 g/mol. The number of rotatable bonds is 5. The highest BCUT2D eigenvalue weighted by Crippen LogP contribution is 2.44. The Labute approximate surface area is 330 Å². The summed E-state index contributed by atoms with van der Waals surface area (Å²) in [6.07, 6.45) is 0. The third-order valence-corrected chi connectivity index (χ3v) is 12.2. The standard InChI is InChI=1S/C51H30N4OS/c1-4-13-31(14-5-1)49-52-50(32-15-6-2-7-16-32)54-51(53-49)39-20-12-22-45-46(39)41-30-34(24-28-44(41)57-45)33-23-27-42-40(29-33)37-25-26-38-36-19-10-11-21-43(36)56-48(38)47(37)55(42)35-17-8-3-9-18-35/h1-30H. The summed E-state index contributed by atoms with van der Waals surface area (Å²) < 4.78 is 11.4. The van der Waals surface area contributed by atoms with Crippen molar-refractivity contribution < 1.29 is 4.42 Å². The Morgan fingerprint density at radius 2 is 1.05 bits per heavy atom. The molecule has 5 nitrogen and oxygen atoms in total. The molecule has 0 N–H and O–H groups in total. The van der Waals surface area contributed by atoms with E-state index in [1.54, 1.807) is 11.3 Å². The van der Waals surface area contributed by atoms with Gasteiger partial charge in [-0.25, -0.2) is 15.0 Å². The van der Waals surface area contributed by atoms with Crippen molar-refractivity contribution in [2.45, 2.75) is 0 Å². The molecule has 6 heteroatoms. The summed E-state index contributed by atoms with van der Waals surface area (Å²) in [6, 6.07) is 63.8. The molecule has 8 aromatic carbocycles. The number of thiophene rings is 1. The summed E-state index contributed by atoms with van der Waals surface area (Å²) in [4.78, 5) is 15.2. The van der Waals surface area contributed by atoms with Gasteiger partial charge in [0.25, 0.3) is 0 Å². The molecule has 0 fully saturated rings. The molecular weight excluding hydrogens is 717 g/mol. The van der Waals surface area contributed by atoms with Gasteiger partial charge in [0.05, 0.1) is 11.0 Å². The minimum Gasteiger partial charge on any atom is -0.454 e. The topological polar surface area (TPSA) is 56.7 Å². The fourth-order valence-electron chi connectivity index (χ4n) is 8.43. The molecule has 0 saturated heterocycles. The Balaban J connectivity index is 1.06. The Morgan fingerprint density at radius 3 is 1.81 bits per heavy atom. The third-order valence-electron chi connectivity index (χ3n) is 11.1. The van der Waals surface area contributed by atoms with E-state index in [1.165, 1.54) is 20.2 Å². The predicted octanol–water partition coefficient (Wildman–Crippen LogP) is 13.9. The van der Waals surface area contributed by atoms with Crippen molar-refractivity contribution in [1.29, 1.82) is 0 Å². The summed E-state index contributed by atoms with van der Waals surface area (Å²) in [6.45, 7) is 0. The maximum absolute atomic E-state index is 6.63. The molecule has 12 aromatic rings. The maximum atomic E-state index is 6.63. The Hall–Kier alpha value is -7.41. The van der Waals surface area contributed by atoms with Gasteiger partial charge in [-0.05, 0) is 65.7 Å². The predicted molar refractivity (Wildman–Crippen MR) is 236 cm³/mol. The van der Waals surface area contributed by atoms with Crippen LogP contribution in [0.1, 0.15) is 0 Å². The highest BCUT2D eigenvalue weighted by atomic mass is 32.1. The molecule has 0 saturated carbocycles. The van der Waals surface area contributed by atoms with Gasteiger partial charge in [-0.3, -0.25) is 0 Å². The normalized spacial score (nSPS) is 11.9. The highest BCUT2D eigenvalue weighted by Gasteiger charge is 2.21. The van der Waals surface area contributed by atoms with Gasteiger partial charge in [-0.15, -0.1) is 11.3 Å². The lowest BCUT2D eigenvalue weighted by Crippen LogP contribution is -2.00. The number of hydrogen-bond donors (Lipinski definition) is 0. The first-order valence-corrected chi connectivity index (χ1v) is 19.8. The quantitative estimate of drug-likeness (QED) is 0.176. The first-order chi connectivity index (χ1) is 28.2. The van der Waals surface area contributed by atoms with E-state index in [4.69, 9.17) is 19.4 Å². The molecule has 0 atom stereocenters. The van der Waals surface area contributed by atoms with Crippen molar-refractivity contribution in [3.63, 3.8) is 0 Å². The van der Waals surface area contributed by atoms with Gasteiger partial charge in [0.2, 0.25) is 0 Å². The van der Waals surface area contributed by atoms with Crippen LogP contribution in [0.5, 0.6) is 0 Å². The maximum Gasteiger partial charge on any atom is 0.164 e. The zero-order valence-corrected chi connectivity index (χ0v) is 31.2. The molecule has 0 aliphatic heterocycles. The molecule has 0 aliphatic rings. The minimum atomic E-state index is 0.652. The van der Waals surface area contributed by atoms with Gasteiger partial charge in [0, 0.05) is 64.1 Å². The summed E-state index contributed by atoms with van der Waals surface area (Å²) in [5.74, 6) is 1.96. The molecule has 4 heterocycles. The van der Waals surface area contributed by atoms with Crippen LogP contribution >= 0.6 is 11.3 Å². The average molecular weight is 747 g/mol. The van der Waals surface area contributed by atoms with Crippen molar-refractivity contribution in [2.75, 3.05) is 0 Å². The van der Waals surface area contributed by atoms with Gasteiger partial charge in [-0.2, -0.15) is 0 Å². The van der Waals surface area contributed by atoms with E-state index in [-0.39, 0.29) is 0 Å². The van der Waals surface area contributed by atoms with Crippen LogP contribution < -0.4 is 0 Å². The second kappa shape index (κ2) is 12.6. The number of furan rings is 1. The van der Waals surface area contributed by atoms with Crippen LogP contribution in [0.15, 0.2) is 186 Å². The number of hydrogen-bond acceptors (Lipinski definition) is 5. The molecule has 0 bridgehead atoms. The van der Waals surface area contributed by atoms with Crippen LogP contribution in [0.4, 0.5) is 0 Å². The SMILES string of the molecule is c1ccc(-c2nc(-c3ccccc3)nc(-c3cccc4sc5ccc(-c6ccc7c(c6)c6ccc8c9ccccc9oc8c6n7-c6ccccc6)cc5c34)n2)cc1. The molecular formula is C51H30N4OS. The van der Waals surface area contributed by atoms with Crippen molar-refractivity contribution in [1.82, 2.24) is 19.5 Å². The molecule has 57 heavy (non-hydrogen) atoms. The van der Waals surface area contributed by atoms with Crippen LogP contribution in [0, 0.1) is 0 Å². The van der Waals surface area contributed by atoms with Gasteiger partial charge >= 0.3 is 0 Å². The third kappa shape index (κ3) is 5.04. The first-order valence-electron chi connectivity index (χ1n) is 19.0. The van der Waals surface area contributed by atoms with E-state index in [0.717, 1.165) is 77.2 Å². The molecule has 0 amide bonds. The second-order valence-electron chi connectivity index (χ2n) is 14.4. The second-order valence-corrected chi connectivity index (χ2v) is 15.5. The van der Waals surface area contributed by atoms with E-state index in [2.05, 4.69) is 120 Å². The summed E-state index contributed by atoms with van der Waals surface area (Å²) in [5, 5.41) is 6.91. The lowest BCUT2D eigenvalue weighted by molar-refractivity contribution is 0.671. The Kier molecular flexibility index (Phi) is 7.03. The Bertz CT molecular complexity index is 3460. The van der Waals surface area contributed by atoms with Gasteiger partial charge < -0.3 is 8.98 Å². The molecule has 0 unspecified atom stereocenters. The molecule has 12 rings (SSSR count). The van der Waals surface area contributed by atoms with Crippen molar-refractivity contribution in [2.24, 2.45) is 0 Å². The van der Waals surface area contributed by atoms with E-state index < -0.39 is 0 Å². The number of aromatic nitrogens is 4. The van der Waals surface area contributed by atoms with Crippen LogP contribution in [0.25, 0.3) is 115 Å². The van der Waals surface area contributed by atoms with Gasteiger partial charge in [0.15, 0.2) is 23.1 Å². The fourth-order valence-corrected chi connectivity index (χ4v) is 9.54. The smallest absolute Gasteiger partial charge is 0.164 e. The lowest BCUT2D eigenvalue weighted by atomic mass is 9.99. The zero-order chi connectivity index (χ0) is 37.5. The van der Waals surface area contributed by atoms with Crippen molar-refractivity contribution in [3.05, 3.63) is 182 Å². The number of fused-ring (bicyclic) bond motifs is 10.